The number of methoxy groups -OCH3 is 1. The summed E-state index contributed by atoms with van der Waals surface area (Å²) in [7, 11) is 1.32. The lowest BCUT2D eigenvalue weighted by molar-refractivity contribution is -0.142. The van der Waals surface area contributed by atoms with E-state index in [9.17, 15) is 14.0 Å². The number of hydrogen-bond acceptors (Lipinski definition) is 4. The van der Waals surface area contributed by atoms with Crippen molar-refractivity contribution in [2.75, 3.05) is 20.3 Å². The summed E-state index contributed by atoms with van der Waals surface area (Å²) in [6.45, 7) is 2.18. The van der Waals surface area contributed by atoms with Gasteiger partial charge in [0.05, 0.1) is 20.1 Å². The normalized spacial score (nSPS) is 9.84. The van der Waals surface area contributed by atoms with E-state index in [1.165, 1.54) is 19.2 Å². The first-order valence-corrected chi connectivity index (χ1v) is 5.85. The van der Waals surface area contributed by atoms with Crippen molar-refractivity contribution in [2.45, 2.75) is 13.3 Å². The third-order valence-electron chi connectivity index (χ3n) is 2.33. The number of carbonyl (C=O) groups excluding carboxylic acids is 2. The Bertz CT molecular complexity index is 462. The average molecular weight is 269 g/mol. The summed E-state index contributed by atoms with van der Waals surface area (Å²) in [5.74, 6) is -1.31. The largest absolute Gasteiger partial charge is 0.494 e. The highest BCUT2D eigenvalue weighted by Crippen LogP contribution is 2.17. The van der Waals surface area contributed by atoms with Crippen LogP contribution in [-0.2, 0) is 9.53 Å². The van der Waals surface area contributed by atoms with Gasteiger partial charge in [0, 0.05) is 12.1 Å². The van der Waals surface area contributed by atoms with Crippen LogP contribution in [-0.4, -0.2) is 32.1 Å². The van der Waals surface area contributed by atoms with Crippen LogP contribution in [0.15, 0.2) is 18.2 Å². The zero-order valence-electron chi connectivity index (χ0n) is 10.9. The van der Waals surface area contributed by atoms with Crippen LogP contribution in [0.25, 0.3) is 0 Å². The van der Waals surface area contributed by atoms with Crippen LogP contribution in [0.2, 0.25) is 0 Å². The van der Waals surface area contributed by atoms with Crippen molar-refractivity contribution in [1.29, 1.82) is 0 Å². The average Bonchev–Trinajstić information content (AvgIpc) is 2.39. The topological polar surface area (TPSA) is 64.6 Å². The predicted molar refractivity (Wildman–Crippen MR) is 66.5 cm³/mol. The molecule has 1 amide bonds. The molecule has 0 aliphatic heterocycles. The lowest BCUT2D eigenvalue weighted by Gasteiger charge is -2.07. The summed E-state index contributed by atoms with van der Waals surface area (Å²) in [5, 5.41) is 2.54. The van der Waals surface area contributed by atoms with E-state index < -0.39 is 11.7 Å². The van der Waals surface area contributed by atoms with Gasteiger partial charge in [-0.05, 0) is 25.1 Å². The molecule has 0 radical (unpaired) electrons. The lowest BCUT2D eigenvalue weighted by Crippen LogP contribution is -2.26. The fourth-order valence-corrected chi connectivity index (χ4v) is 1.41. The Kier molecular flexibility index (Phi) is 5.78. The number of rotatable bonds is 6. The zero-order chi connectivity index (χ0) is 14.3. The highest BCUT2D eigenvalue weighted by Gasteiger charge is 2.10. The second-order valence-corrected chi connectivity index (χ2v) is 3.66. The number of nitrogens with one attached hydrogen (secondary N) is 1. The van der Waals surface area contributed by atoms with Gasteiger partial charge in [-0.25, -0.2) is 4.39 Å². The Labute approximate surface area is 110 Å². The number of esters is 1. The van der Waals surface area contributed by atoms with Gasteiger partial charge in [-0.15, -0.1) is 0 Å². The Morgan fingerprint density at radius 2 is 2.11 bits per heavy atom. The summed E-state index contributed by atoms with van der Waals surface area (Å²) in [4.78, 5) is 22.8. The van der Waals surface area contributed by atoms with Gasteiger partial charge in [-0.1, -0.05) is 0 Å². The smallest absolute Gasteiger partial charge is 0.307 e. The molecule has 0 spiro atoms. The predicted octanol–water partition coefficient (Wildman–Crippen LogP) is 1.52. The third kappa shape index (κ3) is 4.57. The highest BCUT2D eigenvalue weighted by molar-refractivity contribution is 5.94. The van der Waals surface area contributed by atoms with E-state index in [-0.39, 0.29) is 30.2 Å². The minimum atomic E-state index is -0.537. The summed E-state index contributed by atoms with van der Waals surface area (Å²) < 4.78 is 22.7. The lowest BCUT2D eigenvalue weighted by atomic mass is 10.2. The standard InChI is InChI=1S/C13H16FNO4/c1-3-19-12(16)6-7-15-13(17)9-4-5-10(14)11(8-9)18-2/h4-5,8H,3,6-7H2,1-2H3,(H,15,17). The quantitative estimate of drug-likeness (QED) is 0.795. The van der Waals surface area contributed by atoms with Crippen molar-refractivity contribution < 1.29 is 23.5 Å². The number of ether oxygens (including phenoxy) is 2. The summed E-state index contributed by atoms with van der Waals surface area (Å²) in [5.41, 5.74) is 0.266. The molecule has 0 bridgehead atoms. The Morgan fingerprint density at radius 3 is 2.74 bits per heavy atom. The Hall–Kier alpha value is -2.11. The third-order valence-corrected chi connectivity index (χ3v) is 2.33. The number of benzene rings is 1. The van der Waals surface area contributed by atoms with Crippen LogP contribution in [0.1, 0.15) is 23.7 Å². The monoisotopic (exact) mass is 269 g/mol. The summed E-state index contributed by atoms with van der Waals surface area (Å²) in [6.07, 6.45) is 0.0951. The highest BCUT2D eigenvalue weighted by atomic mass is 19.1. The van der Waals surface area contributed by atoms with Gasteiger partial charge in [-0.2, -0.15) is 0 Å². The molecule has 19 heavy (non-hydrogen) atoms. The molecule has 0 aliphatic carbocycles. The first-order chi connectivity index (χ1) is 9.08. The molecule has 0 atom stereocenters. The van der Waals surface area contributed by atoms with Crippen molar-refractivity contribution in [2.24, 2.45) is 0 Å². The molecule has 0 unspecified atom stereocenters. The first kappa shape index (κ1) is 14.9. The van der Waals surface area contributed by atoms with Crippen LogP contribution in [0.5, 0.6) is 5.75 Å². The van der Waals surface area contributed by atoms with Crippen molar-refractivity contribution >= 4 is 11.9 Å². The molecule has 0 fully saturated rings. The summed E-state index contributed by atoms with van der Waals surface area (Å²) in [6, 6.07) is 3.80. The van der Waals surface area contributed by atoms with E-state index in [1.807, 2.05) is 0 Å². The fourth-order valence-electron chi connectivity index (χ4n) is 1.41. The molecule has 1 N–H and O–H groups in total. The molecule has 1 aromatic rings. The van der Waals surface area contributed by atoms with Crippen LogP contribution in [0.4, 0.5) is 4.39 Å². The van der Waals surface area contributed by atoms with Gasteiger partial charge >= 0.3 is 5.97 Å². The van der Waals surface area contributed by atoms with Gasteiger partial charge in [0.25, 0.3) is 5.91 Å². The molecule has 5 nitrogen and oxygen atoms in total. The van der Waals surface area contributed by atoms with Crippen molar-refractivity contribution in [3.63, 3.8) is 0 Å². The van der Waals surface area contributed by atoms with Crippen LogP contribution in [0.3, 0.4) is 0 Å². The molecule has 104 valence electrons. The summed E-state index contributed by atoms with van der Waals surface area (Å²) >= 11 is 0. The first-order valence-electron chi connectivity index (χ1n) is 5.85. The maximum absolute atomic E-state index is 13.2. The van der Waals surface area contributed by atoms with Gasteiger partial charge in [-0.3, -0.25) is 9.59 Å². The van der Waals surface area contributed by atoms with E-state index in [1.54, 1.807) is 6.92 Å². The maximum Gasteiger partial charge on any atom is 0.307 e. The molecule has 1 rings (SSSR count). The van der Waals surface area contributed by atoms with Crippen LogP contribution in [0, 0.1) is 5.82 Å². The van der Waals surface area contributed by atoms with Gasteiger partial charge in [0.1, 0.15) is 0 Å². The second-order valence-electron chi connectivity index (χ2n) is 3.66. The number of carbonyl (C=O) groups is 2. The number of hydrogen-bond donors (Lipinski definition) is 1. The van der Waals surface area contributed by atoms with Crippen LogP contribution >= 0.6 is 0 Å². The Morgan fingerprint density at radius 1 is 1.37 bits per heavy atom. The van der Waals surface area contributed by atoms with Gasteiger partial charge < -0.3 is 14.8 Å². The molecule has 0 aliphatic rings. The van der Waals surface area contributed by atoms with Gasteiger partial charge in [0.15, 0.2) is 11.6 Å². The van der Waals surface area contributed by atoms with Crippen molar-refractivity contribution in [3.05, 3.63) is 29.6 Å². The molecule has 0 aromatic heterocycles. The minimum absolute atomic E-state index is 0.00181. The number of amides is 1. The zero-order valence-corrected chi connectivity index (χ0v) is 10.9. The second kappa shape index (κ2) is 7.35. The molecule has 6 heteroatoms. The van der Waals surface area contributed by atoms with E-state index in [2.05, 4.69) is 5.32 Å². The minimum Gasteiger partial charge on any atom is -0.494 e. The molecule has 1 aromatic carbocycles. The van der Waals surface area contributed by atoms with E-state index in [0.29, 0.717) is 6.61 Å². The van der Waals surface area contributed by atoms with E-state index in [4.69, 9.17) is 9.47 Å². The van der Waals surface area contributed by atoms with Crippen LogP contribution < -0.4 is 10.1 Å². The molecular weight excluding hydrogens is 253 g/mol. The van der Waals surface area contributed by atoms with Crippen molar-refractivity contribution in [1.82, 2.24) is 5.32 Å². The van der Waals surface area contributed by atoms with E-state index in [0.717, 1.165) is 6.07 Å². The SMILES string of the molecule is CCOC(=O)CCNC(=O)c1ccc(F)c(OC)c1. The number of halogens is 1. The fraction of sp³-hybridized carbons (Fsp3) is 0.385. The van der Waals surface area contributed by atoms with E-state index >= 15 is 0 Å². The molecule has 0 saturated heterocycles. The molecular formula is C13H16FNO4. The van der Waals surface area contributed by atoms with Crippen molar-refractivity contribution in [3.8, 4) is 5.75 Å². The molecule has 0 saturated carbocycles. The molecule has 0 heterocycles. The Balaban J connectivity index is 2.52. The van der Waals surface area contributed by atoms with Gasteiger partial charge in [0.2, 0.25) is 0 Å². The maximum atomic E-state index is 13.2.